The Labute approximate surface area is 128 Å². The van der Waals surface area contributed by atoms with E-state index < -0.39 is 0 Å². The van der Waals surface area contributed by atoms with Gasteiger partial charge >= 0.3 is 0 Å². The van der Waals surface area contributed by atoms with Crippen molar-refractivity contribution in [2.24, 2.45) is 14.1 Å². The van der Waals surface area contributed by atoms with Gasteiger partial charge in [-0.05, 0) is 29.7 Å². The molecular weight excluding hydrogens is 272 g/mol. The van der Waals surface area contributed by atoms with E-state index in [1.165, 1.54) is 0 Å². The van der Waals surface area contributed by atoms with Crippen molar-refractivity contribution in [3.63, 3.8) is 0 Å². The van der Waals surface area contributed by atoms with Crippen LogP contribution in [0.1, 0.15) is 0 Å². The molecule has 2 heterocycles. The number of hydrogen-bond acceptors (Lipinski definition) is 1. The van der Waals surface area contributed by atoms with Gasteiger partial charge in [-0.1, -0.05) is 36.4 Å². The zero-order valence-electron chi connectivity index (χ0n) is 12.6. The van der Waals surface area contributed by atoms with Crippen LogP contribution in [0.2, 0.25) is 0 Å². The monoisotopic (exact) mass is 288 g/mol. The second-order valence-corrected chi connectivity index (χ2v) is 5.63. The number of rotatable bonds is 1. The Morgan fingerprint density at radius 3 is 1.91 bits per heavy atom. The van der Waals surface area contributed by atoms with Crippen LogP contribution in [0.25, 0.3) is 33.1 Å². The molecular formula is C19H16N2O. The van der Waals surface area contributed by atoms with Gasteiger partial charge in [-0.25, -0.2) is 0 Å². The Balaban J connectivity index is 2.10. The van der Waals surface area contributed by atoms with Gasteiger partial charge < -0.3 is 9.13 Å². The summed E-state index contributed by atoms with van der Waals surface area (Å²) in [4.78, 5) is 12.8. The maximum Gasteiger partial charge on any atom is 0.260 e. The van der Waals surface area contributed by atoms with Gasteiger partial charge in [-0.15, -0.1) is 0 Å². The first-order valence-corrected chi connectivity index (χ1v) is 7.30. The second-order valence-electron chi connectivity index (χ2n) is 5.63. The summed E-state index contributed by atoms with van der Waals surface area (Å²) in [6, 6.07) is 20.2. The van der Waals surface area contributed by atoms with Gasteiger partial charge in [0.2, 0.25) is 0 Å². The molecule has 0 radical (unpaired) electrons. The second kappa shape index (κ2) is 4.60. The molecule has 0 saturated heterocycles. The summed E-state index contributed by atoms with van der Waals surface area (Å²) >= 11 is 0. The van der Waals surface area contributed by atoms with Crippen molar-refractivity contribution in [3.05, 3.63) is 71.0 Å². The maximum atomic E-state index is 12.8. The highest BCUT2D eigenvalue weighted by molar-refractivity contribution is 5.89. The maximum absolute atomic E-state index is 12.8. The molecule has 0 fully saturated rings. The van der Waals surface area contributed by atoms with Gasteiger partial charge in [0.05, 0.1) is 16.8 Å². The molecule has 2 aromatic carbocycles. The first-order chi connectivity index (χ1) is 10.7. The molecule has 3 nitrogen and oxygen atoms in total. The van der Waals surface area contributed by atoms with Gasteiger partial charge in [0.15, 0.2) is 0 Å². The Morgan fingerprint density at radius 1 is 0.727 bits per heavy atom. The summed E-state index contributed by atoms with van der Waals surface area (Å²) in [6.45, 7) is 0. The van der Waals surface area contributed by atoms with Crippen molar-refractivity contribution in [3.8, 4) is 11.3 Å². The minimum atomic E-state index is 0.0320. The molecule has 0 N–H and O–H groups in total. The number of nitrogens with zero attached hydrogens (tertiary/aromatic N) is 2. The molecule has 0 spiro atoms. The molecule has 4 rings (SSSR count). The molecule has 0 amide bonds. The van der Waals surface area contributed by atoms with Crippen molar-refractivity contribution in [1.29, 1.82) is 0 Å². The molecule has 0 aliphatic heterocycles. The van der Waals surface area contributed by atoms with Gasteiger partial charge in [0, 0.05) is 25.0 Å². The number of para-hydroxylation sites is 2. The Kier molecular flexibility index (Phi) is 2.70. The molecule has 0 atom stereocenters. The van der Waals surface area contributed by atoms with E-state index in [1.807, 2.05) is 56.6 Å². The van der Waals surface area contributed by atoms with Crippen LogP contribution >= 0.6 is 0 Å². The van der Waals surface area contributed by atoms with E-state index in [4.69, 9.17) is 0 Å². The predicted molar refractivity (Wildman–Crippen MR) is 91.1 cm³/mol. The largest absolute Gasteiger partial charge is 0.343 e. The quantitative estimate of drug-likeness (QED) is 0.524. The van der Waals surface area contributed by atoms with E-state index in [1.54, 1.807) is 4.57 Å². The fourth-order valence-corrected chi connectivity index (χ4v) is 3.15. The number of benzene rings is 2. The molecule has 0 unspecified atom stereocenters. The van der Waals surface area contributed by atoms with Crippen LogP contribution < -0.4 is 5.56 Å². The zero-order chi connectivity index (χ0) is 15.3. The van der Waals surface area contributed by atoms with Crippen molar-refractivity contribution >= 4 is 21.8 Å². The molecule has 0 bridgehead atoms. The Bertz CT molecular complexity index is 1070. The van der Waals surface area contributed by atoms with Gasteiger partial charge in [-0.3, -0.25) is 4.79 Å². The van der Waals surface area contributed by atoms with E-state index in [2.05, 4.69) is 22.8 Å². The molecule has 0 saturated carbocycles. The normalized spacial score (nSPS) is 11.4. The number of aryl methyl sites for hydroxylation is 2. The first-order valence-electron chi connectivity index (χ1n) is 7.30. The standard InChI is InChI=1S/C19H16N2O/c1-20-16-9-5-4-8-14(16)12-18(20)15-11-13-7-3-6-10-17(13)21(2)19(15)22/h3-12H,1-2H3. The third kappa shape index (κ3) is 1.72. The van der Waals surface area contributed by atoms with Crippen LogP contribution in [-0.4, -0.2) is 9.13 Å². The average Bonchev–Trinajstić information content (AvgIpc) is 2.88. The predicted octanol–water partition coefficient (Wildman–Crippen LogP) is 3.70. The minimum absolute atomic E-state index is 0.0320. The highest BCUT2D eigenvalue weighted by Crippen LogP contribution is 2.26. The van der Waals surface area contributed by atoms with Crippen molar-refractivity contribution in [2.45, 2.75) is 0 Å². The van der Waals surface area contributed by atoms with Crippen LogP contribution in [0.15, 0.2) is 65.5 Å². The van der Waals surface area contributed by atoms with Crippen molar-refractivity contribution < 1.29 is 0 Å². The lowest BCUT2D eigenvalue weighted by Crippen LogP contribution is -2.19. The summed E-state index contributed by atoms with van der Waals surface area (Å²) in [5, 5.41) is 2.22. The third-order valence-corrected chi connectivity index (χ3v) is 4.36. The minimum Gasteiger partial charge on any atom is -0.343 e. The van der Waals surface area contributed by atoms with E-state index in [0.29, 0.717) is 0 Å². The molecule has 108 valence electrons. The lowest BCUT2D eigenvalue weighted by Gasteiger charge is -2.09. The van der Waals surface area contributed by atoms with E-state index >= 15 is 0 Å². The van der Waals surface area contributed by atoms with Crippen molar-refractivity contribution in [2.75, 3.05) is 0 Å². The van der Waals surface area contributed by atoms with Crippen LogP contribution in [0, 0.1) is 0 Å². The zero-order valence-corrected chi connectivity index (χ0v) is 12.6. The van der Waals surface area contributed by atoms with Gasteiger partial charge in [-0.2, -0.15) is 0 Å². The van der Waals surface area contributed by atoms with Crippen LogP contribution in [0.3, 0.4) is 0 Å². The summed E-state index contributed by atoms with van der Waals surface area (Å²) in [5.41, 5.74) is 3.81. The number of aromatic nitrogens is 2. The molecule has 3 heteroatoms. The summed E-state index contributed by atoms with van der Waals surface area (Å²) in [7, 11) is 3.84. The van der Waals surface area contributed by atoms with Gasteiger partial charge in [0.25, 0.3) is 5.56 Å². The number of hydrogen-bond donors (Lipinski definition) is 0. The summed E-state index contributed by atoms with van der Waals surface area (Å²) in [6.07, 6.45) is 0. The highest BCUT2D eigenvalue weighted by atomic mass is 16.1. The third-order valence-electron chi connectivity index (χ3n) is 4.36. The van der Waals surface area contributed by atoms with Crippen LogP contribution in [-0.2, 0) is 14.1 Å². The number of fused-ring (bicyclic) bond motifs is 2. The Morgan fingerprint density at radius 2 is 1.27 bits per heavy atom. The van der Waals surface area contributed by atoms with Crippen LogP contribution in [0.5, 0.6) is 0 Å². The van der Waals surface area contributed by atoms with Gasteiger partial charge in [0.1, 0.15) is 0 Å². The van der Waals surface area contributed by atoms with E-state index in [0.717, 1.165) is 33.1 Å². The smallest absolute Gasteiger partial charge is 0.260 e. The number of pyridine rings is 1. The van der Waals surface area contributed by atoms with Crippen LogP contribution in [0.4, 0.5) is 0 Å². The average molecular weight is 288 g/mol. The lowest BCUT2D eigenvalue weighted by molar-refractivity contribution is 0.899. The Hall–Kier alpha value is -2.81. The van der Waals surface area contributed by atoms with E-state index in [-0.39, 0.29) is 5.56 Å². The van der Waals surface area contributed by atoms with E-state index in [9.17, 15) is 4.79 Å². The lowest BCUT2D eigenvalue weighted by atomic mass is 10.1. The molecule has 0 aliphatic rings. The summed E-state index contributed by atoms with van der Waals surface area (Å²) < 4.78 is 3.81. The fraction of sp³-hybridized carbons (Fsp3) is 0.105. The fourth-order valence-electron chi connectivity index (χ4n) is 3.15. The molecule has 2 aromatic heterocycles. The molecule has 0 aliphatic carbocycles. The first kappa shape index (κ1) is 12.9. The molecule has 4 aromatic rings. The van der Waals surface area contributed by atoms with Crippen molar-refractivity contribution in [1.82, 2.24) is 9.13 Å². The highest BCUT2D eigenvalue weighted by Gasteiger charge is 2.13. The topological polar surface area (TPSA) is 26.9 Å². The molecule has 22 heavy (non-hydrogen) atoms. The SMILES string of the molecule is Cn1c(-c2cc3ccccc3n(C)c2=O)cc2ccccc21. The summed E-state index contributed by atoms with van der Waals surface area (Å²) in [5.74, 6) is 0.